The van der Waals surface area contributed by atoms with E-state index in [2.05, 4.69) is 10.8 Å². The normalized spacial score (nSPS) is 15.0. The van der Waals surface area contributed by atoms with Crippen molar-refractivity contribution in [1.82, 2.24) is 4.72 Å². The topological polar surface area (TPSA) is 52.9 Å². The summed E-state index contributed by atoms with van der Waals surface area (Å²) in [6.45, 7) is 7.76. The number of hydrogen-bond acceptors (Lipinski definition) is 2. The first kappa shape index (κ1) is 13.9. The van der Waals surface area contributed by atoms with Gasteiger partial charge in [-0.25, -0.2) is 8.93 Å². The lowest BCUT2D eigenvalue weighted by atomic mass is 10.1. The van der Waals surface area contributed by atoms with Gasteiger partial charge in [0.2, 0.25) is 0 Å². The third-order valence-corrected chi connectivity index (χ3v) is 4.06. The first-order chi connectivity index (χ1) is 7.84. The van der Waals surface area contributed by atoms with Crippen LogP contribution in [0.1, 0.15) is 44.9 Å². The number of nitrogens with one attached hydrogen (secondary N) is 1. The van der Waals surface area contributed by atoms with Crippen molar-refractivity contribution < 1.29 is 4.21 Å². The van der Waals surface area contributed by atoms with E-state index in [1.807, 2.05) is 39.8 Å². The molecule has 3 nitrogen and oxygen atoms in total. The SMILES string of the molecule is C[C@@H](N[S@@](=O)C(C)(C)C)c1ccc(C#N)cc1. The van der Waals surface area contributed by atoms with Crippen LogP contribution in [-0.2, 0) is 11.0 Å². The van der Waals surface area contributed by atoms with Crippen LogP contribution >= 0.6 is 0 Å². The second kappa shape index (κ2) is 5.44. The predicted octanol–water partition coefficient (Wildman–Crippen LogP) is 2.67. The second-order valence-corrected chi connectivity index (χ2v) is 6.95. The van der Waals surface area contributed by atoms with Crippen molar-refractivity contribution in [3.8, 4) is 6.07 Å². The molecule has 0 heterocycles. The molecule has 0 aliphatic carbocycles. The fourth-order valence-corrected chi connectivity index (χ4v) is 2.06. The Morgan fingerprint density at radius 3 is 2.24 bits per heavy atom. The van der Waals surface area contributed by atoms with Gasteiger partial charge in [-0.2, -0.15) is 5.26 Å². The molecule has 0 spiro atoms. The standard InChI is InChI=1S/C13H18N2OS/c1-10(15-17(16)13(2,3)4)12-7-5-11(9-14)6-8-12/h5-8,10,15H,1-4H3/t10-,17+/m1/s1. The van der Waals surface area contributed by atoms with Crippen LogP contribution in [0.4, 0.5) is 0 Å². The zero-order valence-corrected chi connectivity index (χ0v) is 11.5. The summed E-state index contributed by atoms with van der Waals surface area (Å²) in [4.78, 5) is 0. The molecule has 0 aliphatic rings. The highest BCUT2D eigenvalue weighted by molar-refractivity contribution is 7.84. The van der Waals surface area contributed by atoms with Crippen molar-refractivity contribution >= 4 is 11.0 Å². The number of rotatable bonds is 3. The smallest absolute Gasteiger partial charge is 0.0991 e. The highest BCUT2D eigenvalue weighted by atomic mass is 32.2. The summed E-state index contributed by atoms with van der Waals surface area (Å²) in [5.41, 5.74) is 1.67. The molecule has 0 unspecified atom stereocenters. The van der Waals surface area contributed by atoms with E-state index in [4.69, 9.17) is 5.26 Å². The number of benzene rings is 1. The van der Waals surface area contributed by atoms with Crippen LogP contribution in [0.5, 0.6) is 0 Å². The molecule has 0 aromatic heterocycles. The van der Waals surface area contributed by atoms with E-state index >= 15 is 0 Å². The van der Waals surface area contributed by atoms with E-state index in [-0.39, 0.29) is 10.8 Å². The Morgan fingerprint density at radius 2 is 1.82 bits per heavy atom. The molecule has 4 heteroatoms. The van der Waals surface area contributed by atoms with Crippen molar-refractivity contribution in [3.05, 3.63) is 35.4 Å². The van der Waals surface area contributed by atoms with Gasteiger partial charge in [0, 0.05) is 6.04 Å². The molecule has 0 aliphatic heterocycles. The Kier molecular flexibility index (Phi) is 4.44. The Hall–Kier alpha value is -1.18. The molecule has 1 aromatic carbocycles. The molecule has 0 amide bonds. The molecule has 1 aromatic rings. The molecule has 92 valence electrons. The van der Waals surface area contributed by atoms with Gasteiger partial charge in [-0.3, -0.25) is 0 Å². The third kappa shape index (κ3) is 3.95. The van der Waals surface area contributed by atoms with E-state index in [0.29, 0.717) is 5.56 Å². The Bertz CT molecular complexity index is 440. The molecule has 1 N–H and O–H groups in total. The van der Waals surface area contributed by atoms with Crippen LogP contribution in [0.3, 0.4) is 0 Å². The summed E-state index contributed by atoms with van der Waals surface area (Å²) in [5, 5.41) is 8.70. The largest absolute Gasteiger partial charge is 0.242 e. The molecule has 0 radical (unpaired) electrons. The van der Waals surface area contributed by atoms with Crippen LogP contribution in [0, 0.1) is 11.3 Å². The minimum atomic E-state index is -1.09. The molecule has 0 fully saturated rings. The minimum absolute atomic E-state index is 0.00259. The highest BCUT2D eigenvalue weighted by Crippen LogP contribution is 2.17. The van der Waals surface area contributed by atoms with Crippen LogP contribution in [0.25, 0.3) is 0 Å². The highest BCUT2D eigenvalue weighted by Gasteiger charge is 2.21. The van der Waals surface area contributed by atoms with Crippen LogP contribution < -0.4 is 4.72 Å². The lowest BCUT2D eigenvalue weighted by molar-refractivity contribution is 0.616. The van der Waals surface area contributed by atoms with Gasteiger partial charge in [0.25, 0.3) is 0 Å². The molecule has 1 rings (SSSR count). The van der Waals surface area contributed by atoms with Gasteiger partial charge < -0.3 is 0 Å². The quantitative estimate of drug-likeness (QED) is 0.896. The van der Waals surface area contributed by atoms with Crippen molar-refractivity contribution in [2.75, 3.05) is 0 Å². The maximum Gasteiger partial charge on any atom is 0.0991 e. The Balaban J connectivity index is 2.74. The van der Waals surface area contributed by atoms with Crippen molar-refractivity contribution in [2.45, 2.75) is 38.5 Å². The molecule has 0 saturated carbocycles. The fourth-order valence-electron chi connectivity index (χ4n) is 1.25. The zero-order chi connectivity index (χ0) is 13.1. The van der Waals surface area contributed by atoms with E-state index < -0.39 is 11.0 Å². The second-order valence-electron chi connectivity index (χ2n) is 4.95. The van der Waals surface area contributed by atoms with Crippen LogP contribution in [0.2, 0.25) is 0 Å². The van der Waals surface area contributed by atoms with E-state index in [9.17, 15) is 4.21 Å². The predicted molar refractivity (Wildman–Crippen MR) is 70.6 cm³/mol. The average molecular weight is 250 g/mol. The van der Waals surface area contributed by atoms with Gasteiger partial charge in [0.15, 0.2) is 0 Å². The van der Waals surface area contributed by atoms with Gasteiger partial charge in [0.05, 0.1) is 27.4 Å². The van der Waals surface area contributed by atoms with Crippen LogP contribution in [0.15, 0.2) is 24.3 Å². The summed E-state index contributed by atoms with van der Waals surface area (Å²) in [5.74, 6) is 0. The van der Waals surface area contributed by atoms with Crippen molar-refractivity contribution in [3.63, 3.8) is 0 Å². The summed E-state index contributed by atoms with van der Waals surface area (Å²) in [6, 6.07) is 9.39. The van der Waals surface area contributed by atoms with E-state index in [0.717, 1.165) is 5.56 Å². The fraction of sp³-hybridized carbons (Fsp3) is 0.462. The van der Waals surface area contributed by atoms with Gasteiger partial charge in [0.1, 0.15) is 0 Å². The lowest BCUT2D eigenvalue weighted by Crippen LogP contribution is -2.34. The first-order valence-electron chi connectivity index (χ1n) is 5.52. The number of nitriles is 1. The lowest BCUT2D eigenvalue weighted by Gasteiger charge is -2.22. The Morgan fingerprint density at radius 1 is 1.29 bits per heavy atom. The monoisotopic (exact) mass is 250 g/mol. The number of hydrogen-bond donors (Lipinski definition) is 1. The van der Waals surface area contributed by atoms with Crippen molar-refractivity contribution in [2.24, 2.45) is 0 Å². The third-order valence-electron chi connectivity index (χ3n) is 2.38. The first-order valence-corrected chi connectivity index (χ1v) is 6.67. The average Bonchev–Trinajstić information content (AvgIpc) is 2.27. The summed E-state index contributed by atoms with van der Waals surface area (Å²) < 4.78 is 14.7. The maximum absolute atomic E-state index is 11.9. The molecular weight excluding hydrogens is 232 g/mol. The molecular formula is C13H18N2OS. The van der Waals surface area contributed by atoms with Gasteiger partial charge in [-0.05, 0) is 45.4 Å². The zero-order valence-electron chi connectivity index (χ0n) is 10.7. The summed E-state index contributed by atoms with van der Waals surface area (Å²) in [7, 11) is -1.09. The Labute approximate surface area is 105 Å². The van der Waals surface area contributed by atoms with Crippen LogP contribution in [-0.4, -0.2) is 8.96 Å². The summed E-state index contributed by atoms with van der Waals surface area (Å²) >= 11 is 0. The molecule has 2 atom stereocenters. The van der Waals surface area contributed by atoms with Gasteiger partial charge in [-0.1, -0.05) is 12.1 Å². The van der Waals surface area contributed by atoms with Crippen molar-refractivity contribution in [1.29, 1.82) is 5.26 Å². The minimum Gasteiger partial charge on any atom is -0.242 e. The summed E-state index contributed by atoms with van der Waals surface area (Å²) in [6.07, 6.45) is 0. The molecule has 0 saturated heterocycles. The maximum atomic E-state index is 11.9. The van der Waals surface area contributed by atoms with E-state index in [1.165, 1.54) is 0 Å². The molecule has 0 bridgehead atoms. The number of nitrogens with zero attached hydrogens (tertiary/aromatic N) is 1. The van der Waals surface area contributed by atoms with Gasteiger partial charge >= 0.3 is 0 Å². The molecule has 17 heavy (non-hydrogen) atoms. The van der Waals surface area contributed by atoms with E-state index in [1.54, 1.807) is 12.1 Å². The van der Waals surface area contributed by atoms with Gasteiger partial charge in [-0.15, -0.1) is 0 Å².